The molecule has 2 aromatic carbocycles. The second-order valence-corrected chi connectivity index (χ2v) is 8.91. The fraction of sp³-hybridized carbons (Fsp3) is 0.346. The van der Waals surface area contributed by atoms with E-state index < -0.39 is 23.8 Å². The topological polar surface area (TPSA) is 87.7 Å². The molecule has 0 fully saturated rings. The predicted molar refractivity (Wildman–Crippen MR) is 126 cm³/mol. The highest BCUT2D eigenvalue weighted by Gasteiger charge is 2.36. The molecule has 1 aliphatic heterocycles. The van der Waals surface area contributed by atoms with Crippen LogP contribution in [-0.4, -0.2) is 41.0 Å². The third-order valence-corrected chi connectivity index (χ3v) is 5.10. The number of nitrogens with zero attached hydrogens (tertiary/aromatic N) is 1. The predicted octanol–water partition coefficient (Wildman–Crippen LogP) is 3.73. The first-order valence-corrected chi connectivity index (χ1v) is 11.1. The van der Waals surface area contributed by atoms with E-state index in [1.54, 1.807) is 20.8 Å². The summed E-state index contributed by atoms with van der Waals surface area (Å²) in [6.45, 7) is 5.88. The van der Waals surface area contributed by atoms with Gasteiger partial charge in [-0.25, -0.2) is 4.79 Å². The zero-order valence-corrected chi connectivity index (χ0v) is 19.3. The Bertz CT molecular complexity index is 984. The molecule has 0 radical (unpaired) electrons. The first-order valence-electron chi connectivity index (χ1n) is 11.1. The highest BCUT2D eigenvalue weighted by atomic mass is 16.6. The minimum absolute atomic E-state index is 0.254. The zero-order chi connectivity index (χ0) is 23.8. The number of hydrogen-bond acceptors (Lipinski definition) is 4. The van der Waals surface area contributed by atoms with Crippen LogP contribution in [0.4, 0.5) is 4.79 Å². The molecule has 33 heavy (non-hydrogen) atoms. The Balaban J connectivity index is 1.82. The molecule has 1 aliphatic rings. The maximum atomic E-state index is 13.5. The molecule has 2 unspecified atom stereocenters. The maximum absolute atomic E-state index is 13.5. The van der Waals surface area contributed by atoms with Crippen LogP contribution in [0.2, 0.25) is 0 Å². The third-order valence-electron chi connectivity index (χ3n) is 5.10. The molecule has 7 heteroatoms. The molecule has 0 saturated heterocycles. The highest BCUT2D eigenvalue weighted by Crippen LogP contribution is 2.24. The molecule has 2 N–H and O–H groups in total. The SMILES string of the molecule is CC(C)(C)OC(=O)NC1CC=CCN(C(C(=O)NCc2ccccc2)c2ccccc2)C1=O. The summed E-state index contributed by atoms with van der Waals surface area (Å²) in [5.41, 5.74) is 0.976. The Morgan fingerprint density at radius 2 is 1.67 bits per heavy atom. The van der Waals surface area contributed by atoms with Crippen molar-refractivity contribution >= 4 is 17.9 Å². The largest absolute Gasteiger partial charge is 0.444 e. The number of carbonyl (C=O) groups is 3. The van der Waals surface area contributed by atoms with E-state index in [0.717, 1.165) is 5.56 Å². The van der Waals surface area contributed by atoms with Crippen molar-refractivity contribution in [2.45, 2.75) is 51.4 Å². The summed E-state index contributed by atoms with van der Waals surface area (Å²) in [6, 6.07) is 17.1. The molecule has 0 saturated carbocycles. The van der Waals surface area contributed by atoms with Crippen molar-refractivity contribution in [1.82, 2.24) is 15.5 Å². The molecule has 1 heterocycles. The second kappa shape index (κ2) is 10.8. The summed E-state index contributed by atoms with van der Waals surface area (Å²) in [7, 11) is 0. The van der Waals surface area contributed by atoms with Gasteiger partial charge in [0.05, 0.1) is 0 Å². The fourth-order valence-corrected chi connectivity index (χ4v) is 3.60. The summed E-state index contributed by atoms with van der Waals surface area (Å²) >= 11 is 0. The summed E-state index contributed by atoms with van der Waals surface area (Å²) in [5, 5.41) is 5.62. The Morgan fingerprint density at radius 1 is 1.03 bits per heavy atom. The van der Waals surface area contributed by atoms with E-state index in [0.29, 0.717) is 18.5 Å². The van der Waals surface area contributed by atoms with Crippen molar-refractivity contribution in [2.75, 3.05) is 6.54 Å². The molecule has 0 aliphatic carbocycles. The molecule has 2 atom stereocenters. The number of benzene rings is 2. The van der Waals surface area contributed by atoms with Gasteiger partial charge in [0.2, 0.25) is 11.8 Å². The Hall–Kier alpha value is -3.61. The summed E-state index contributed by atoms with van der Waals surface area (Å²) < 4.78 is 5.32. The smallest absolute Gasteiger partial charge is 0.408 e. The van der Waals surface area contributed by atoms with Crippen LogP contribution in [0.5, 0.6) is 0 Å². The Labute approximate surface area is 194 Å². The first-order chi connectivity index (χ1) is 15.7. The molecule has 0 aromatic heterocycles. The highest BCUT2D eigenvalue weighted by molar-refractivity contribution is 5.92. The van der Waals surface area contributed by atoms with Crippen LogP contribution in [0.15, 0.2) is 72.8 Å². The lowest BCUT2D eigenvalue weighted by Crippen LogP contribution is -2.52. The van der Waals surface area contributed by atoms with Gasteiger partial charge in [-0.15, -0.1) is 0 Å². The summed E-state index contributed by atoms with van der Waals surface area (Å²) in [6.07, 6.45) is 3.33. The molecule has 174 valence electrons. The number of rotatable bonds is 6. The van der Waals surface area contributed by atoms with Gasteiger partial charge in [0.1, 0.15) is 17.7 Å². The molecule has 3 amide bonds. The van der Waals surface area contributed by atoms with Gasteiger partial charge >= 0.3 is 6.09 Å². The minimum atomic E-state index is -0.840. The number of hydrogen-bond donors (Lipinski definition) is 2. The Morgan fingerprint density at radius 3 is 2.30 bits per heavy atom. The molecule has 7 nitrogen and oxygen atoms in total. The van der Waals surface area contributed by atoms with E-state index in [4.69, 9.17) is 4.74 Å². The van der Waals surface area contributed by atoms with E-state index in [2.05, 4.69) is 10.6 Å². The molecular weight excluding hydrogens is 418 g/mol. The zero-order valence-electron chi connectivity index (χ0n) is 19.3. The van der Waals surface area contributed by atoms with Gasteiger partial charge in [0.15, 0.2) is 0 Å². The molecule has 3 rings (SSSR count). The summed E-state index contributed by atoms with van der Waals surface area (Å²) in [5.74, 6) is -0.626. The molecular formula is C26H31N3O4. The maximum Gasteiger partial charge on any atom is 0.408 e. The normalized spacial score (nSPS) is 17.1. The molecule has 0 spiro atoms. The van der Waals surface area contributed by atoms with E-state index in [9.17, 15) is 14.4 Å². The van der Waals surface area contributed by atoms with Crippen LogP contribution in [0, 0.1) is 0 Å². The summed E-state index contributed by atoms with van der Waals surface area (Å²) in [4.78, 5) is 40.6. The van der Waals surface area contributed by atoms with Gasteiger partial charge in [-0.2, -0.15) is 0 Å². The lowest BCUT2D eigenvalue weighted by atomic mass is 10.0. The second-order valence-electron chi connectivity index (χ2n) is 8.91. The first kappa shape index (κ1) is 24.0. The Kier molecular flexibility index (Phi) is 7.87. The van der Waals surface area contributed by atoms with Crippen molar-refractivity contribution < 1.29 is 19.1 Å². The van der Waals surface area contributed by atoms with Crippen molar-refractivity contribution in [3.8, 4) is 0 Å². The number of carbonyl (C=O) groups excluding carboxylic acids is 3. The number of nitrogens with one attached hydrogen (secondary N) is 2. The van der Waals surface area contributed by atoms with Gasteiger partial charge in [0, 0.05) is 13.1 Å². The van der Waals surface area contributed by atoms with Crippen molar-refractivity contribution in [3.63, 3.8) is 0 Å². The monoisotopic (exact) mass is 449 g/mol. The van der Waals surface area contributed by atoms with Crippen LogP contribution < -0.4 is 10.6 Å². The van der Waals surface area contributed by atoms with Gasteiger partial charge in [-0.1, -0.05) is 72.8 Å². The average molecular weight is 450 g/mol. The van der Waals surface area contributed by atoms with Crippen LogP contribution in [0.3, 0.4) is 0 Å². The lowest BCUT2D eigenvalue weighted by Gasteiger charge is -2.32. The lowest BCUT2D eigenvalue weighted by molar-refractivity contribution is -0.141. The number of ether oxygens (including phenoxy) is 1. The molecule has 2 aromatic rings. The third kappa shape index (κ3) is 6.94. The van der Waals surface area contributed by atoms with E-state index >= 15 is 0 Å². The van der Waals surface area contributed by atoms with E-state index in [1.807, 2.05) is 72.8 Å². The van der Waals surface area contributed by atoms with Gasteiger partial charge in [-0.3, -0.25) is 9.59 Å². The van der Waals surface area contributed by atoms with Crippen LogP contribution in [0.1, 0.15) is 44.4 Å². The van der Waals surface area contributed by atoms with Crippen LogP contribution in [-0.2, 0) is 20.9 Å². The van der Waals surface area contributed by atoms with E-state index in [-0.39, 0.29) is 18.4 Å². The quantitative estimate of drug-likeness (QED) is 0.658. The standard InChI is InChI=1S/C26H31N3O4/c1-26(2,3)33-25(32)28-21-16-10-11-17-29(24(21)31)22(20-14-8-5-9-15-20)23(30)27-18-19-12-6-4-7-13-19/h4-15,21-22H,16-18H2,1-3H3,(H,27,30)(H,28,32). The van der Waals surface area contributed by atoms with Crippen LogP contribution in [0.25, 0.3) is 0 Å². The fourth-order valence-electron chi connectivity index (χ4n) is 3.60. The van der Waals surface area contributed by atoms with Gasteiger partial charge < -0.3 is 20.3 Å². The van der Waals surface area contributed by atoms with Gasteiger partial charge in [0.25, 0.3) is 0 Å². The number of alkyl carbamates (subject to hydrolysis) is 1. The van der Waals surface area contributed by atoms with Crippen molar-refractivity contribution in [2.24, 2.45) is 0 Å². The number of amides is 3. The average Bonchev–Trinajstić information content (AvgIpc) is 2.95. The van der Waals surface area contributed by atoms with Crippen molar-refractivity contribution in [3.05, 3.63) is 83.9 Å². The van der Waals surface area contributed by atoms with Gasteiger partial charge in [-0.05, 0) is 38.3 Å². The van der Waals surface area contributed by atoms with Crippen LogP contribution >= 0.6 is 0 Å². The van der Waals surface area contributed by atoms with Crippen molar-refractivity contribution in [1.29, 1.82) is 0 Å². The minimum Gasteiger partial charge on any atom is -0.444 e. The molecule has 0 bridgehead atoms. The van der Waals surface area contributed by atoms with E-state index in [1.165, 1.54) is 4.90 Å².